The highest BCUT2D eigenvalue weighted by atomic mass is 16.5. The summed E-state index contributed by atoms with van der Waals surface area (Å²) in [6, 6.07) is 0. The molecule has 0 amide bonds. The van der Waals surface area contributed by atoms with Gasteiger partial charge in [0.1, 0.15) is 5.54 Å². The van der Waals surface area contributed by atoms with Crippen molar-refractivity contribution < 1.29 is 14.3 Å². The maximum Gasteiger partial charge on any atom is 0.325 e. The highest BCUT2D eigenvalue weighted by Crippen LogP contribution is 2.14. The summed E-state index contributed by atoms with van der Waals surface area (Å²) >= 11 is 0. The first-order valence-electron chi connectivity index (χ1n) is 7.43. The number of nitrogens with two attached hydrogens (primary N) is 1. The Morgan fingerprint density at radius 3 is 2.53 bits per heavy atom. The van der Waals surface area contributed by atoms with E-state index in [1.807, 2.05) is 0 Å². The van der Waals surface area contributed by atoms with Crippen molar-refractivity contribution in [2.24, 2.45) is 11.7 Å². The molecule has 4 heteroatoms. The molecule has 0 spiro atoms. The van der Waals surface area contributed by atoms with Crippen LogP contribution in [0.5, 0.6) is 0 Å². The highest BCUT2D eigenvalue weighted by molar-refractivity contribution is 5.79. The lowest BCUT2D eigenvalue weighted by Crippen LogP contribution is -2.45. The van der Waals surface area contributed by atoms with E-state index in [1.54, 1.807) is 6.92 Å². The second kappa shape index (κ2) is 10.2. The van der Waals surface area contributed by atoms with Crippen LogP contribution in [0.1, 0.15) is 59.3 Å². The first kappa shape index (κ1) is 18.4. The van der Waals surface area contributed by atoms with E-state index in [9.17, 15) is 4.79 Å². The van der Waals surface area contributed by atoms with Gasteiger partial charge < -0.3 is 15.2 Å². The van der Waals surface area contributed by atoms with Crippen LogP contribution in [0.15, 0.2) is 0 Å². The van der Waals surface area contributed by atoms with Crippen molar-refractivity contribution in [3.8, 4) is 0 Å². The van der Waals surface area contributed by atoms with E-state index in [-0.39, 0.29) is 5.97 Å². The van der Waals surface area contributed by atoms with Crippen molar-refractivity contribution in [2.45, 2.75) is 64.8 Å². The molecule has 0 saturated heterocycles. The van der Waals surface area contributed by atoms with Gasteiger partial charge >= 0.3 is 5.97 Å². The summed E-state index contributed by atoms with van der Waals surface area (Å²) in [7, 11) is 1.36. The predicted molar refractivity (Wildman–Crippen MR) is 78.0 cm³/mol. The lowest BCUT2D eigenvalue weighted by Gasteiger charge is -2.21. The molecule has 0 aromatic carbocycles. The van der Waals surface area contributed by atoms with E-state index >= 15 is 0 Å². The van der Waals surface area contributed by atoms with Gasteiger partial charge in [-0.15, -0.1) is 0 Å². The predicted octanol–water partition coefficient (Wildman–Crippen LogP) is 2.89. The van der Waals surface area contributed by atoms with Crippen LogP contribution in [0, 0.1) is 5.92 Å². The molecule has 0 saturated carbocycles. The maximum absolute atomic E-state index is 11.4. The van der Waals surface area contributed by atoms with Crippen molar-refractivity contribution in [3.63, 3.8) is 0 Å². The van der Waals surface area contributed by atoms with E-state index in [0.29, 0.717) is 18.9 Å². The first-order chi connectivity index (χ1) is 8.97. The Balaban J connectivity index is 3.71. The molecule has 0 radical (unpaired) electrons. The van der Waals surface area contributed by atoms with E-state index in [4.69, 9.17) is 10.5 Å². The van der Waals surface area contributed by atoms with Crippen molar-refractivity contribution >= 4 is 5.97 Å². The Morgan fingerprint density at radius 1 is 1.32 bits per heavy atom. The number of esters is 1. The van der Waals surface area contributed by atoms with Gasteiger partial charge in [-0.25, -0.2) is 0 Å². The van der Waals surface area contributed by atoms with Crippen molar-refractivity contribution in [3.05, 3.63) is 0 Å². The van der Waals surface area contributed by atoms with Crippen LogP contribution in [0.3, 0.4) is 0 Å². The number of ether oxygens (including phenoxy) is 2. The standard InChI is InChI=1S/C15H31NO3/c1-5-7-9-13(6-2)12-19-11-8-10-15(3,16)14(17)18-4/h13H,5-12,16H2,1-4H3. The normalized spacial score (nSPS) is 15.8. The molecular weight excluding hydrogens is 242 g/mol. The Bertz CT molecular complexity index is 242. The van der Waals surface area contributed by atoms with Gasteiger partial charge in [-0.05, 0) is 32.1 Å². The third-order valence-corrected chi connectivity index (χ3v) is 3.53. The number of hydrogen-bond donors (Lipinski definition) is 1. The van der Waals surface area contributed by atoms with Crippen LogP contribution in [0.4, 0.5) is 0 Å². The van der Waals surface area contributed by atoms with Gasteiger partial charge in [0.15, 0.2) is 0 Å². The minimum Gasteiger partial charge on any atom is -0.468 e. The fraction of sp³-hybridized carbons (Fsp3) is 0.933. The van der Waals surface area contributed by atoms with E-state index in [0.717, 1.165) is 19.4 Å². The molecule has 4 nitrogen and oxygen atoms in total. The molecule has 0 aliphatic carbocycles. The van der Waals surface area contributed by atoms with Gasteiger partial charge in [0.2, 0.25) is 0 Å². The summed E-state index contributed by atoms with van der Waals surface area (Å²) < 4.78 is 10.4. The van der Waals surface area contributed by atoms with E-state index < -0.39 is 5.54 Å². The molecular formula is C15H31NO3. The number of carbonyl (C=O) groups is 1. The number of carbonyl (C=O) groups excluding carboxylic acids is 1. The highest BCUT2D eigenvalue weighted by Gasteiger charge is 2.28. The zero-order valence-corrected chi connectivity index (χ0v) is 13.0. The van der Waals surface area contributed by atoms with Gasteiger partial charge in [0.25, 0.3) is 0 Å². The largest absolute Gasteiger partial charge is 0.468 e. The van der Waals surface area contributed by atoms with Crippen molar-refractivity contribution in [1.82, 2.24) is 0 Å². The van der Waals surface area contributed by atoms with Crippen molar-refractivity contribution in [1.29, 1.82) is 0 Å². The average molecular weight is 273 g/mol. The monoisotopic (exact) mass is 273 g/mol. The SMILES string of the molecule is CCCCC(CC)COCCCC(C)(N)C(=O)OC. The smallest absolute Gasteiger partial charge is 0.325 e. The molecule has 19 heavy (non-hydrogen) atoms. The van der Waals surface area contributed by atoms with Crippen LogP contribution in [0.2, 0.25) is 0 Å². The zero-order chi connectivity index (χ0) is 14.7. The maximum atomic E-state index is 11.4. The average Bonchev–Trinajstić information content (AvgIpc) is 2.40. The Hall–Kier alpha value is -0.610. The second-order valence-electron chi connectivity index (χ2n) is 5.50. The Labute approximate surface area is 118 Å². The third-order valence-electron chi connectivity index (χ3n) is 3.53. The molecule has 0 aliphatic heterocycles. The summed E-state index contributed by atoms with van der Waals surface area (Å²) in [6.07, 6.45) is 6.28. The van der Waals surface area contributed by atoms with Gasteiger partial charge in [-0.2, -0.15) is 0 Å². The summed E-state index contributed by atoms with van der Waals surface area (Å²) in [4.78, 5) is 11.4. The molecule has 0 aromatic rings. The molecule has 2 N–H and O–H groups in total. The molecule has 0 bridgehead atoms. The molecule has 2 atom stereocenters. The minimum absolute atomic E-state index is 0.359. The van der Waals surface area contributed by atoms with Gasteiger partial charge in [-0.1, -0.05) is 33.1 Å². The molecule has 0 rings (SSSR count). The number of rotatable bonds is 11. The third kappa shape index (κ3) is 8.22. The van der Waals surface area contributed by atoms with Crippen molar-refractivity contribution in [2.75, 3.05) is 20.3 Å². The Morgan fingerprint density at radius 2 is 2.00 bits per heavy atom. The fourth-order valence-corrected chi connectivity index (χ4v) is 2.02. The van der Waals surface area contributed by atoms with E-state index in [1.165, 1.54) is 26.4 Å². The molecule has 0 aromatic heterocycles. The molecule has 0 heterocycles. The number of methoxy groups -OCH3 is 1. The lowest BCUT2D eigenvalue weighted by atomic mass is 9.97. The van der Waals surface area contributed by atoms with Crippen LogP contribution >= 0.6 is 0 Å². The summed E-state index contributed by atoms with van der Waals surface area (Å²) in [5, 5.41) is 0. The van der Waals surface area contributed by atoms with E-state index in [2.05, 4.69) is 18.6 Å². The molecule has 2 unspecified atom stereocenters. The molecule has 114 valence electrons. The van der Waals surface area contributed by atoms with Gasteiger partial charge in [0, 0.05) is 13.2 Å². The molecule has 0 fully saturated rings. The molecule has 0 aliphatic rings. The summed E-state index contributed by atoms with van der Waals surface area (Å²) in [6.45, 7) is 7.59. The lowest BCUT2D eigenvalue weighted by molar-refractivity contribution is -0.146. The first-order valence-corrected chi connectivity index (χ1v) is 7.43. The van der Waals surface area contributed by atoms with Crippen LogP contribution in [0.25, 0.3) is 0 Å². The Kier molecular flexibility index (Phi) is 9.88. The van der Waals surface area contributed by atoms with Crippen LogP contribution < -0.4 is 5.73 Å². The second-order valence-corrected chi connectivity index (χ2v) is 5.50. The quantitative estimate of drug-likeness (QED) is 0.464. The minimum atomic E-state index is -0.898. The van der Waals surface area contributed by atoms with Gasteiger partial charge in [-0.3, -0.25) is 4.79 Å². The topological polar surface area (TPSA) is 61.5 Å². The van der Waals surface area contributed by atoms with Gasteiger partial charge in [0.05, 0.1) is 7.11 Å². The fourth-order valence-electron chi connectivity index (χ4n) is 2.02. The summed E-state index contributed by atoms with van der Waals surface area (Å²) in [5.41, 5.74) is 4.98. The van der Waals surface area contributed by atoms with Crippen LogP contribution in [-0.2, 0) is 14.3 Å². The number of hydrogen-bond acceptors (Lipinski definition) is 4. The number of unbranched alkanes of at least 4 members (excludes halogenated alkanes) is 1. The summed E-state index contributed by atoms with van der Waals surface area (Å²) in [5.74, 6) is 0.298. The van der Waals surface area contributed by atoms with Crippen LogP contribution in [-0.4, -0.2) is 31.8 Å². The zero-order valence-electron chi connectivity index (χ0n) is 13.0.